The van der Waals surface area contributed by atoms with Gasteiger partial charge in [0.1, 0.15) is 17.5 Å². The van der Waals surface area contributed by atoms with E-state index in [0.29, 0.717) is 36.0 Å². The van der Waals surface area contributed by atoms with E-state index >= 15 is 8.78 Å². The first-order valence-electron chi connectivity index (χ1n) is 19.7. The summed E-state index contributed by atoms with van der Waals surface area (Å²) < 4.78 is 40.0. The van der Waals surface area contributed by atoms with Gasteiger partial charge in [0.25, 0.3) is 5.56 Å². The van der Waals surface area contributed by atoms with Crippen molar-refractivity contribution in [2.45, 2.75) is 88.1 Å². The quantitative estimate of drug-likeness (QED) is 0.213. The average molecular weight is 815 g/mol. The van der Waals surface area contributed by atoms with Gasteiger partial charge in [-0.05, 0) is 141 Å². The zero-order chi connectivity index (χ0) is 38.2. The third-order valence-corrected chi connectivity index (χ3v) is 13.9. The molecule has 12 heteroatoms. The molecule has 5 aliphatic rings. The maximum absolute atomic E-state index is 15.2. The number of hydrogen-bond acceptors (Lipinski definition) is 7. The molecule has 0 radical (unpaired) electrons. The number of halogens is 3. The summed E-state index contributed by atoms with van der Waals surface area (Å²) in [6.07, 6.45) is 6.03. The van der Waals surface area contributed by atoms with Gasteiger partial charge in [0.05, 0.1) is 40.1 Å². The number of likely N-dealkylation sites (tertiary alicyclic amines) is 1. The van der Waals surface area contributed by atoms with Crippen molar-refractivity contribution in [1.82, 2.24) is 19.8 Å². The number of ether oxygens (including phenoxy) is 1. The second-order valence-corrected chi connectivity index (χ2v) is 17.8. The van der Waals surface area contributed by atoms with Crippen LogP contribution in [0.25, 0.3) is 16.6 Å². The van der Waals surface area contributed by atoms with Crippen LogP contribution >= 0.6 is 15.9 Å². The zero-order valence-corrected chi connectivity index (χ0v) is 32.9. The Hall–Kier alpha value is -4.00. The van der Waals surface area contributed by atoms with Crippen LogP contribution in [-0.4, -0.2) is 71.2 Å². The molecule has 6 heterocycles. The summed E-state index contributed by atoms with van der Waals surface area (Å²) in [6.45, 7) is 9.42. The maximum atomic E-state index is 15.2. The topological polar surface area (TPSA) is 96.8 Å². The molecule has 9 rings (SSSR count). The number of piperidine rings is 3. The van der Waals surface area contributed by atoms with Crippen LogP contribution in [0.5, 0.6) is 0 Å². The molecule has 9 nitrogen and oxygen atoms in total. The van der Waals surface area contributed by atoms with E-state index in [0.717, 1.165) is 86.3 Å². The zero-order valence-electron chi connectivity index (χ0n) is 31.3. The largest absolute Gasteiger partial charge is 0.375 e. The van der Waals surface area contributed by atoms with Gasteiger partial charge >= 0.3 is 0 Å². The van der Waals surface area contributed by atoms with E-state index in [1.165, 1.54) is 23.3 Å². The van der Waals surface area contributed by atoms with Crippen molar-refractivity contribution < 1.29 is 23.1 Å². The second-order valence-electron chi connectivity index (χ2n) is 16.9. The van der Waals surface area contributed by atoms with E-state index < -0.39 is 29.4 Å². The third kappa shape index (κ3) is 6.42. The summed E-state index contributed by atoms with van der Waals surface area (Å²) in [7, 11) is 0. The van der Waals surface area contributed by atoms with Crippen LogP contribution in [0.3, 0.4) is 0 Å². The normalized spacial score (nSPS) is 23.9. The van der Waals surface area contributed by atoms with Crippen molar-refractivity contribution in [3.63, 3.8) is 0 Å². The standard InChI is InChI=1S/C43H46BrF2N5O4/c1-42(2)30-8-6-27(20-35(30)51-34-5-3-4-31(44)38(34)40(54)48-41(42)51)26-11-16-49(17-12-26)23-25-10-13-43(55-24-25)14-18-50(19-15-43)28-21-32(45)37(33(46)22-28)29-7-9-36(52)47-39(29)53/h3-6,8,20-22,25-26,29H,7,9-19,23-24H2,1-2H3,(H,47,52,53)/t25-,29?/m1/s1. The third-order valence-electron chi connectivity index (χ3n) is 13.3. The highest BCUT2D eigenvalue weighted by molar-refractivity contribution is 9.10. The van der Waals surface area contributed by atoms with Crippen LogP contribution in [0.1, 0.15) is 99.6 Å². The van der Waals surface area contributed by atoms with Crippen molar-refractivity contribution in [1.29, 1.82) is 0 Å². The molecular formula is C43H46BrF2N5O4. The highest BCUT2D eigenvalue weighted by atomic mass is 79.9. The Morgan fingerprint density at radius 3 is 2.36 bits per heavy atom. The van der Waals surface area contributed by atoms with Crippen molar-refractivity contribution >= 4 is 44.3 Å². The number of imide groups is 1. The first kappa shape index (κ1) is 36.6. The van der Waals surface area contributed by atoms with Crippen molar-refractivity contribution in [2.75, 3.05) is 44.2 Å². The number of rotatable bonds is 5. The molecule has 0 aliphatic carbocycles. The van der Waals surface area contributed by atoms with Gasteiger partial charge < -0.3 is 14.5 Å². The van der Waals surface area contributed by atoms with E-state index in [4.69, 9.17) is 4.74 Å². The fourth-order valence-electron chi connectivity index (χ4n) is 10.0. The molecule has 2 atom stereocenters. The molecule has 4 fully saturated rings. The Bertz CT molecular complexity index is 2240. The average Bonchev–Trinajstić information content (AvgIpc) is 3.39. The molecule has 1 spiro atoms. The molecule has 5 aliphatic heterocycles. The van der Waals surface area contributed by atoms with Crippen molar-refractivity contribution in [3.8, 4) is 5.69 Å². The van der Waals surface area contributed by atoms with Gasteiger partial charge in [-0.3, -0.25) is 24.3 Å². The molecule has 1 aromatic heterocycles. The molecule has 0 bridgehead atoms. The van der Waals surface area contributed by atoms with Crippen LogP contribution in [0.4, 0.5) is 14.5 Å². The minimum atomic E-state index is -1.00. The van der Waals surface area contributed by atoms with Gasteiger partial charge in [-0.2, -0.15) is 4.98 Å². The van der Waals surface area contributed by atoms with Gasteiger partial charge in [0, 0.05) is 41.8 Å². The lowest BCUT2D eigenvalue weighted by molar-refractivity contribution is -0.134. The van der Waals surface area contributed by atoms with Gasteiger partial charge in [0.2, 0.25) is 11.8 Å². The Balaban J connectivity index is 0.792. The van der Waals surface area contributed by atoms with Crippen molar-refractivity contribution in [3.05, 3.63) is 97.5 Å². The van der Waals surface area contributed by atoms with E-state index in [9.17, 15) is 14.4 Å². The first-order chi connectivity index (χ1) is 26.4. The maximum Gasteiger partial charge on any atom is 0.281 e. The summed E-state index contributed by atoms with van der Waals surface area (Å²) in [4.78, 5) is 46.1. The highest BCUT2D eigenvalue weighted by Gasteiger charge is 2.42. The summed E-state index contributed by atoms with van der Waals surface area (Å²) >= 11 is 3.59. The Kier molecular flexibility index (Phi) is 9.24. The summed E-state index contributed by atoms with van der Waals surface area (Å²) in [5.41, 5.74) is 3.98. The Morgan fingerprint density at radius 2 is 1.67 bits per heavy atom. The number of benzene rings is 3. The molecule has 2 amide bonds. The SMILES string of the molecule is CC1(C)c2ccc(C3CCN(C[C@H]4CCC5(CCN(c6cc(F)c(C7CCC(=O)NC7=O)c(F)c6)CC5)OC4)CC3)cc2-n2c1nc(=O)c1c(Br)cccc12. The molecule has 1 unspecified atom stereocenters. The summed E-state index contributed by atoms with van der Waals surface area (Å²) in [5, 5.41) is 2.81. The number of carbonyl (C=O) groups is 2. The Labute approximate surface area is 327 Å². The lowest BCUT2D eigenvalue weighted by Gasteiger charge is -2.47. The molecule has 1 N–H and O–H groups in total. The van der Waals surface area contributed by atoms with Gasteiger partial charge in [-0.25, -0.2) is 8.78 Å². The molecule has 4 saturated heterocycles. The predicted molar refractivity (Wildman–Crippen MR) is 210 cm³/mol. The van der Waals surface area contributed by atoms with E-state index in [2.05, 4.69) is 67.7 Å². The second kappa shape index (κ2) is 13.9. The smallest absolute Gasteiger partial charge is 0.281 e. The van der Waals surface area contributed by atoms with Crippen LogP contribution in [0.15, 0.2) is 57.8 Å². The van der Waals surface area contributed by atoms with Crippen LogP contribution in [0.2, 0.25) is 0 Å². The van der Waals surface area contributed by atoms with Crippen LogP contribution in [0, 0.1) is 17.6 Å². The fraction of sp³-hybridized carbons (Fsp3) is 0.488. The van der Waals surface area contributed by atoms with Crippen LogP contribution < -0.4 is 15.8 Å². The summed E-state index contributed by atoms with van der Waals surface area (Å²) in [6, 6.07) is 15.4. The van der Waals surface area contributed by atoms with Crippen LogP contribution in [-0.2, 0) is 19.7 Å². The van der Waals surface area contributed by atoms with E-state index in [-0.39, 0.29) is 35.0 Å². The monoisotopic (exact) mass is 813 g/mol. The fourth-order valence-corrected chi connectivity index (χ4v) is 10.5. The van der Waals surface area contributed by atoms with E-state index in [1.807, 2.05) is 23.1 Å². The lowest BCUT2D eigenvalue weighted by atomic mass is 9.81. The minimum Gasteiger partial charge on any atom is -0.375 e. The van der Waals surface area contributed by atoms with Gasteiger partial charge in [-0.15, -0.1) is 0 Å². The number of nitrogens with zero attached hydrogens (tertiary/aromatic N) is 4. The lowest BCUT2D eigenvalue weighted by Crippen LogP contribution is -2.50. The molecule has 288 valence electrons. The number of carbonyl (C=O) groups excluding carboxylic acids is 2. The number of aromatic nitrogens is 2. The predicted octanol–water partition coefficient (Wildman–Crippen LogP) is 7.23. The summed E-state index contributed by atoms with van der Waals surface area (Å²) in [5.74, 6) is -1.82. The number of nitrogens with one attached hydrogen (secondary N) is 1. The molecule has 0 saturated carbocycles. The minimum absolute atomic E-state index is 0.0662. The number of hydrogen-bond donors (Lipinski definition) is 1. The number of fused-ring (bicyclic) bond motifs is 5. The molecule has 55 heavy (non-hydrogen) atoms. The Morgan fingerprint density at radius 1 is 0.927 bits per heavy atom. The molecule has 3 aromatic carbocycles. The molecular weight excluding hydrogens is 768 g/mol. The van der Waals surface area contributed by atoms with Crippen molar-refractivity contribution in [2.24, 2.45) is 5.92 Å². The highest BCUT2D eigenvalue weighted by Crippen LogP contribution is 2.45. The van der Waals surface area contributed by atoms with Gasteiger partial charge in [0.15, 0.2) is 0 Å². The molecule has 4 aromatic rings. The number of anilines is 1. The first-order valence-corrected chi connectivity index (χ1v) is 20.5. The van der Waals surface area contributed by atoms with E-state index in [1.54, 1.807) is 0 Å². The number of amides is 2. The van der Waals surface area contributed by atoms with Gasteiger partial charge in [-0.1, -0.05) is 18.2 Å².